The van der Waals surface area contributed by atoms with Gasteiger partial charge >= 0.3 is 0 Å². The van der Waals surface area contributed by atoms with Crippen LogP contribution in [0.3, 0.4) is 0 Å². The van der Waals surface area contributed by atoms with Crippen molar-refractivity contribution in [3.63, 3.8) is 0 Å². The van der Waals surface area contributed by atoms with Gasteiger partial charge in [0.2, 0.25) is 0 Å². The Kier molecular flexibility index (Phi) is 4.27. The van der Waals surface area contributed by atoms with E-state index in [1.807, 2.05) is 41.5 Å². The number of aromatic nitrogens is 1. The van der Waals surface area contributed by atoms with E-state index in [2.05, 4.69) is 4.98 Å². The van der Waals surface area contributed by atoms with Crippen LogP contribution in [0.25, 0.3) is 10.6 Å². The lowest BCUT2D eigenvalue weighted by molar-refractivity contribution is 0.0752. The molecule has 1 aliphatic rings. The van der Waals surface area contributed by atoms with Crippen LogP contribution in [-0.2, 0) is 5.88 Å². The summed E-state index contributed by atoms with van der Waals surface area (Å²) in [4.78, 5) is 19.0. The first-order valence-corrected chi connectivity index (χ1v) is 8.56. The number of thiazole rings is 1. The zero-order valence-electron chi connectivity index (χ0n) is 11.9. The van der Waals surface area contributed by atoms with Crippen molar-refractivity contribution in [2.24, 2.45) is 0 Å². The minimum absolute atomic E-state index is 0.121. The summed E-state index contributed by atoms with van der Waals surface area (Å²) in [6.45, 7) is 2.80. The second-order valence-electron chi connectivity index (χ2n) is 5.18. The summed E-state index contributed by atoms with van der Waals surface area (Å²) < 4.78 is 0. The van der Waals surface area contributed by atoms with E-state index in [1.54, 1.807) is 11.3 Å². The summed E-state index contributed by atoms with van der Waals surface area (Å²) in [5, 5.41) is 2.87. The number of amides is 1. The summed E-state index contributed by atoms with van der Waals surface area (Å²) >= 11 is 7.35. The van der Waals surface area contributed by atoms with Crippen molar-refractivity contribution in [1.82, 2.24) is 9.88 Å². The molecule has 3 nitrogen and oxygen atoms in total. The molecule has 0 N–H and O–H groups in total. The fraction of sp³-hybridized carbons (Fsp3) is 0.375. The fourth-order valence-corrected chi connectivity index (χ4v) is 3.45. The summed E-state index contributed by atoms with van der Waals surface area (Å²) in [5.74, 6) is 0.538. The highest BCUT2D eigenvalue weighted by atomic mass is 35.5. The van der Waals surface area contributed by atoms with Gasteiger partial charge in [-0.3, -0.25) is 4.79 Å². The van der Waals surface area contributed by atoms with Gasteiger partial charge in [-0.2, -0.15) is 0 Å². The van der Waals surface area contributed by atoms with Gasteiger partial charge in [-0.05, 0) is 31.9 Å². The molecule has 1 heterocycles. The lowest BCUT2D eigenvalue weighted by atomic mass is 10.1. The van der Waals surface area contributed by atoms with Gasteiger partial charge in [0.25, 0.3) is 5.91 Å². The number of benzene rings is 1. The van der Waals surface area contributed by atoms with Crippen LogP contribution >= 0.6 is 22.9 Å². The molecule has 0 bridgehead atoms. The SMILES string of the molecule is CCN(C(=O)c1cccc(-c2nc(CCl)cs2)c1)C1CC1. The maximum atomic E-state index is 12.6. The number of rotatable bonds is 5. The van der Waals surface area contributed by atoms with Crippen molar-refractivity contribution in [3.8, 4) is 10.6 Å². The van der Waals surface area contributed by atoms with E-state index in [0.29, 0.717) is 11.9 Å². The molecule has 0 saturated heterocycles. The van der Waals surface area contributed by atoms with Crippen LogP contribution < -0.4 is 0 Å². The molecule has 5 heteroatoms. The van der Waals surface area contributed by atoms with E-state index < -0.39 is 0 Å². The Bertz CT molecular complexity index is 651. The van der Waals surface area contributed by atoms with E-state index in [9.17, 15) is 4.79 Å². The maximum absolute atomic E-state index is 12.6. The van der Waals surface area contributed by atoms with Crippen molar-refractivity contribution in [3.05, 3.63) is 40.9 Å². The molecule has 0 spiro atoms. The fourth-order valence-electron chi connectivity index (χ4n) is 2.41. The van der Waals surface area contributed by atoms with Gasteiger partial charge in [0.05, 0.1) is 11.6 Å². The van der Waals surface area contributed by atoms with Crippen molar-refractivity contribution in [2.75, 3.05) is 6.54 Å². The number of nitrogens with zero attached hydrogens (tertiary/aromatic N) is 2. The summed E-state index contributed by atoms with van der Waals surface area (Å²) in [5.41, 5.74) is 2.60. The quantitative estimate of drug-likeness (QED) is 0.774. The Labute approximate surface area is 133 Å². The summed E-state index contributed by atoms with van der Waals surface area (Å²) in [7, 11) is 0. The molecule has 1 amide bonds. The van der Waals surface area contributed by atoms with Crippen LogP contribution in [0.2, 0.25) is 0 Å². The summed E-state index contributed by atoms with van der Waals surface area (Å²) in [6.07, 6.45) is 2.26. The molecule has 110 valence electrons. The smallest absolute Gasteiger partial charge is 0.254 e. The van der Waals surface area contributed by atoms with E-state index >= 15 is 0 Å². The number of carbonyl (C=O) groups excluding carboxylic acids is 1. The second kappa shape index (κ2) is 6.16. The first-order valence-electron chi connectivity index (χ1n) is 7.14. The highest BCUT2D eigenvalue weighted by Gasteiger charge is 2.31. The minimum atomic E-state index is 0.121. The second-order valence-corrected chi connectivity index (χ2v) is 6.31. The third-order valence-corrected chi connectivity index (χ3v) is 4.85. The molecule has 1 aromatic heterocycles. The molecule has 21 heavy (non-hydrogen) atoms. The minimum Gasteiger partial charge on any atom is -0.336 e. The zero-order chi connectivity index (χ0) is 14.8. The Morgan fingerprint density at radius 3 is 2.90 bits per heavy atom. The Morgan fingerprint density at radius 2 is 2.29 bits per heavy atom. The molecule has 1 aromatic carbocycles. The standard InChI is InChI=1S/C16H17ClN2OS/c1-2-19(14-6-7-14)16(20)12-5-3-4-11(8-12)15-18-13(9-17)10-21-15/h3-5,8,10,14H,2,6-7,9H2,1H3. The van der Waals surface area contributed by atoms with Gasteiger partial charge < -0.3 is 4.90 Å². The van der Waals surface area contributed by atoms with E-state index in [0.717, 1.165) is 41.2 Å². The third kappa shape index (κ3) is 3.11. The van der Waals surface area contributed by atoms with Crippen LogP contribution in [0.1, 0.15) is 35.8 Å². The average molecular weight is 321 g/mol. The Hall–Kier alpha value is -1.39. The molecule has 0 aliphatic heterocycles. The van der Waals surface area contributed by atoms with E-state index in [1.165, 1.54) is 0 Å². The van der Waals surface area contributed by atoms with Crippen molar-refractivity contribution >= 4 is 28.8 Å². The number of hydrogen-bond donors (Lipinski definition) is 0. The number of hydrogen-bond acceptors (Lipinski definition) is 3. The van der Waals surface area contributed by atoms with Crippen LogP contribution in [-0.4, -0.2) is 28.4 Å². The molecule has 3 rings (SSSR count). The van der Waals surface area contributed by atoms with Crippen LogP contribution in [0.15, 0.2) is 29.6 Å². The van der Waals surface area contributed by atoms with Crippen molar-refractivity contribution in [2.45, 2.75) is 31.7 Å². The molecular weight excluding hydrogens is 304 g/mol. The first kappa shape index (κ1) is 14.5. The largest absolute Gasteiger partial charge is 0.336 e. The van der Waals surface area contributed by atoms with Gasteiger partial charge in [0, 0.05) is 29.1 Å². The predicted octanol–water partition coefficient (Wildman–Crippen LogP) is 4.17. The van der Waals surface area contributed by atoms with Crippen LogP contribution in [0.4, 0.5) is 0 Å². The number of carbonyl (C=O) groups is 1. The maximum Gasteiger partial charge on any atom is 0.254 e. The molecule has 0 atom stereocenters. The van der Waals surface area contributed by atoms with Gasteiger partial charge in [-0.25, -0.2) is 4.98 Å². The monoisotopic (exact) mass is 320 g/mol. The molecule has 0 radical (unpaired) electrons. The zero-order valence-corrected chi connectivity index (χ0v) is 13.5. The molecule has 2 aromatic rings. The molecule has 1 fully saturated rings. The van der Waals surface area contributed by atoms with Gasteiger partial charge in [0.15, 0.2) is 0 Å². The Morgan fingerprint density at radius 1 is 1.48 bits per heavy atom. The molecule has 0 unspecified atom stereocenters. The van der Waals surface area contributed by atoms with Gasteiger partial charge in [-0.1, -0.05) is 12.1 Å². The lowest BCUT2D eigenvalue weighted by Crippen LogP contribution is -2.32. The average Bonchev–Trinajstić information content (AvgIpc) is 3.23. The van der Waals surface area contributed by atoms with Crippen LogP contribution in [0.5, 0.6) is 0 Å². The number of halogens is 1. The Balaban J connectivity index is 1.87. The lowest BCUT2D eigenvalue weighted by Gasteiger charge is -2.20. The topological polar surface area (TPSA) is 33.2 Å². The third-order valence-electron chi connectivity index (χ3n) is 3.63. The molecule has 1 aliphatic carbocycles. The number of alkyl halides is 1. The summed E-state index contributed by atoms with van der Waals surface area (Å²) in [6, 6.07) is 8.16. The van der Waals surface area contributed by atoms with Gasteiger partial charge in [0.1, 0.15) is 5.01 Å². The normalized spacial score (nSPS) is 14.2. The predicted molar refractivity (Wildman–Crippen MR) is 86.8 cm³/mol. The highest BCUT2D eigenvalue weighted by molar-refractivity contribution is 7.13. The molecular formula is C16H17ClN2OS. The van der Waals surface area contributed by atoms with E-state index in [-0.39, 0.29) is 5.91 Å². The van der Waals surface area contributed by atoms with E-state index in [4.69, 9.17) is 11.6 Å². The van der Waals surface area contributed by atoms with Crippen LogP contribution in [0, 0.1) is 0 Å². The molecule has 1 saturated carbocycles. The van der Waals surface area contributed by atoms with Gasteiger partial charge in [-0.15, -0.1) is 22.9 Å². The van der Waals surface area contributed by atoms with Crippen molar-refractivity contribution < 1.29 is 4.79 Å². The highest BCUT2D eigenvalue weighted by Crippen LogP contribution is 2.29. The van der Waals surface area contributed by atoms with Crippen molar-refractivity contribution in [1.29, 1.82) is 0 Å². The first-order chi connectivity index (χ1) is 10.2.